The summed E-state index contributed by atoms with van der Waals surface area (Å²) in [4.78, 5) is 0. The molecule has 3 fully saturated rings. The van der Waals surface area contributed by atoms with Gasteiger partial charge in [0.1, 0.15) is 0 Å². The molecule has 4 aliphatic carbocycles. The Morgan fingerprint density at radius 1 is 0.889 bits per heavy atom. The summed E-state index contributed by atoms with van der Waals surface area (Å²) >= 11 is 0. The second-order valence-electron chi connectivity index (χ2n) is 12.0. The van der Waals surface area contributed by atoms with Crippen molar-refractivity contribution < 1.29 is 0 Å². The molecule has 0 aliphatic heterocycles. The van der Waals surface area contributed by atoms with Gasteiger partial charge in [-0.25, -0.2) is 0 Å². The monoisotopic (exact) mass is 370 g/mol. The fraction of sp³-hybridized carbons (Fsp3) is 0.926. The standard InChI is InChI=1S/C27H46/c1-19(2)9-8-10-20(3)23-14-15-24-22-13-12-21-11-6-7-17-26(21,4)25(22)16-18-27(23,24)5/h7,17,19-25H,6,8-16,18H2,1-5H3/t20-,21-,22+,23-,24+,25+,26+,27-/m1/s1. The Labute approximate surface area is 170 Å². The van der Waals surface area contributed by atoms with E-state index in [1.807, 2.05) is 0 Å². The normalized spacial score (nSPS) is 47.4. The second kappa shape index (κ2) is 7.53. The average Bonchev–Trinajstić information content (AvgIpc) is 2.98. The molecule has 0 aromatic rings. The summed E-state index contributed by atoms with van der Waals surface area (Å²) in [7, 11) is 0. The van der Waals surface area contributed by atoms with Crippen LogP contribution in [-0.4, -0.2) is 0 Å². The van der Waals surface area contributed by atoms with Crippen LogP contribution in [0.1, 0.15) is 105 Å². The molecule has 0 N–H and O–H groups in total. The summed E-state index contributed by atoms with van der Waals surface area (Å²) in [5.74, 6) is 6.85. The van der Waals surface area contributed by atoms with E-state index < -0.39 is 0 Å². The minimum atomic E-state index is 0.531. The number of hydrogen-bond acceptors (Lipinski definition) is 0. The van der Waals surface area contributed by atoms with E-state index in [0.717, 1.165) is 41.4 Å². The van der Waals surface area contributed by atoms with Crippen molar-refractivity contribution >= 4 is 0 Å². The number of fused-ring (bicyclic) bond motifs is 5. The Morgan fingerprint density at radius 2 is 1.70 bits per heavy atom. The van der Waals surface area contributed by atoms with Crippen LogP contribution in [0.5, 0.6) is 0 Å². The second-order valence-corrected chi connectivity index (χ2v) is 12.0. The molecule has 4 rings (SSSR count). The first-order chi connectivity index (χ1) is 12.9. The van der Waals surface area contributed by atoms with Gasteiger partial charge in [0.05, 0.1) is 0 Å². The van der Waals surface area contributed by atoms with E-state index in [9.17, 15) is 0 Å². The van der Waals surface area contributed by atoms with Crippen molar-refractivity contribution in [1.82, 2.24) is 0 Å². The highest BCUT2D eigenvalue weighted by molar-refractivity contribution is 5.15. The molecule has 0 unspecified atom stereocenters. The summed E-state index contributed by atoms with van der Waals surface area (Å²) in [5, 5.41) is 0. The molecule has 0 bridgehead atoms. The first-order valence-corrected chi connectivity index (χ1v) is 12.5. The molecule has 0 amide bonds. The van der Waals surface area contributed by atoms with Crippen molar-refractivity contribution in [2.45, 2.75) is 105 Å². The molecule has 0 aromatic heterocycles. The zero-order chi connectivity index (χ0) is 19.2. The highest BCUT2D eigenvalue weighted by Gasteiger charge is 2.59. The Balaban J connectivity index is 1.48. The van der Waals surface area contributed by atoms with Crippen LogP contribution in [0.3, 0.4) is 0 Å². The minimum Gasteiger partial charge on any atom is -0.0880 e. The summed E-state index contributed by atoms with van der Waals surface area (Å²) < 4.78 is 0. The third-order valence-electron chi connectivity index (χ3n) is 10.3. The molecule has 0 radical (unpaired) electrons. The Kier molecular flexibility index (Phi) is 5.59. The molecule has 27 heavy (non-hydrogen) atoms. The lowest BCUT2D eigenvalue weighted by Crippen LogP contribution is -2.52. The summed E-state index contributed by atoms with van der Waals surface area (Å²) in [6.45, 7) is 12.8. The first kappa shape index (κ1) is 20.0. The van der Waals surface area contributed by atoms with Gasteiger partial charge in [-0.1, -0.05) is 66.0 Å². The van der Waals surface area contributed by atoms with Crippen LogP contribution in [0.15, 0.2) is 12.2 Å². The van der Waals surface area contributed by atoms with Crippen molar-refractivity contribution in [3.05, 3.63) is 12.2 Å². The van der Waals surface area contributed by atoms with Crippen molar-refractivity contribution in [2.75, 3.05) is 0 Å². The third kappa shape index (κ3) is 3.36. The lowest BCUT2D eigenvalue weighted by atomic mass is 9.45. The van der Waals surface area contributed by atoms with Crippen molar-refractivity contribution in [3.8, 4) is 0 Å². The molecule has 154 valence electrons. The maximum absolute atomic E-state index is 2.73. The van der Waals surface area contributed by atoms with Crippen molar-refractivity contribution in [2.24, 2.45) is 52.3 Å². The lowest BCUT2D eigenvalue weighted by molar-refractivity contribution is -0.0845. The molecule has 0 saturated heterocycles. The van der Waals surface area contributed by atoms with Crippen LogP contribution in [0.2, 0.25) is 0 Å². The van der Waals surface area contributed by atoms with Crippen LogP contribution in [-0.2, 0) is 0 Å². The van der Waals surface area contributed by atoms with Gasteiger partial charge >= 0.3 is 0 Å². The predicted molar refractivity (Wildman–Crippen MR) is 118 cm³/mol. The highest BCUT2D eigenvalue weighted by Crippen LogP contribution is 2.67. The fourth-order valence-electron chi connectivity index (χ4n) is 8.84. The van der Waals surface area contributed by atoms with Crippen molar-refractivity contribution in [3.63, 3.8) is 0 Å². The van der Waals surface area contributed by atoms with E-state index in [4.69, 9.17) is 0 Å². The molecular weight excluding hydrogens is 324 g/mol. The topological polar surface area (TPSA) is 0 Å². The molecule has 0 heteroatoms. The van der Waals surface area contributed by atoms with Gasteiger partial charge in [-0.2, -0.15) is 0 Å². The molecule has 4 aliphatic rings. The van der Waals surface area contributed by atoms with Crippen LogP contribution in [0, 0.1) is 52.3 Å². The van der Waals surface area contributed by atoms with Crippen LogP contribution in [0.25, 0.3) is 0 Å². The minimum absolute atomic E-state index is 0.531. The lowest BCUT2D eigenvalue weighted by Gasteiger charge is -2.59. The molecule has 0 nitrogen and oxygen atoms in total. The molecule has 0 aromatic carbocycles. The van der Waals surface area contributed by atoms with E-state index in [1.165, 1.54) is 57.8 Å². The van der Waals surface area contributed by atoms with E-state index >= 15 is 0 Å². The molecule has 3 saturated carbocycles. The molecule has 0 heterocycles. The number of rotatable bonds is 5. The van der Waals surface area contributed by atoms with Crippen LogP contribution >= 0.6 is 0 Å². The molecular formula is C27H46. The predicted octanol–water partition coefficient (Wildman–Crippen LogP) is 8.27. The highest BCUT2D eigenvalue weighted by atomic mass is 14.6. The summed E-state index contributed by atoms with van der Waals surface area (Å²) in [5.41, 5.74) is 1.18. The van der Waals surface area contributed by atoms with Gasteiger partial charge in [0.2, 0.25) is 0 Å². The van der Waals surface area contributed by atoms with Gasteiger partial charge in [0.25, 0.3) is 0 Å². The van der Waals surface area contributed by atoms with Gasteiger partial charge < -0.3 is 0 Å². The molecule has 0 spiro atoms. The van der Waals surface area contributed by atoms with Gasteiger partial charge in [-0.3, -0.25) is 0 Å². The maximum Gasteiger partial charge on any atom is -0.00872 e. The average molecular weight is 371 g/mol. The smallest absolute Gasteiger partial charge is 0.00872 e. The van der Waals surface area contributed by atoms with E-state index in [1.54, 1.807) is 12.8 Å². The summed E-state index contributed by atoms with van der Waals surface area (Å²) in [6, 6.07) is 0. The van der Waals surface area contributed by atoms with Gasteiger partial charge in [0.15, 0.2) is 0 Å². The van der Waals surface area contributed by atoms with Crippen LogP contribution in [0.4, 0.5) is 0 Å². The third-order valence-corrected chi connectivity index (χ3v) is 10.3. The zero-order valence-electron chi connectivity index (χ0n) is 19.0. The van der Waals surface area contributed by atoms with E-state index in [0.29, 0.717) is 10.8 Å². The van der Waals surface area contributed by atoms with Crippen LogP contribution < -0.4 is 0 Å². The van der Waals surface area contributed by atoms with Gasteiger partial charge in [0, 0.05) is 0 Å². The van der Waals surface area contributed by atoms with Crippen molar-refractivity contribution in [1.29, 1.82) is 0 Å². The summed E-state index contributed by atoms with van der Waals surface area (Å²) in [6.07, 6.45) is 21.5. The SMILES string of the molecule is CC(C)CCC[C@@H](C)[C@H]1CC[C@H]2[C@@H]3CC[C@H]4CCC=C[C@]4(C)[C@H]3CC[C@]12C. The Morgan fingerprint density at radius 3 is 2.48 bits per heavy atom. The van der Waals surface area contributed by atoms with Gasteiger partial charge in [-0.05, 0) is 104 Å². The zero-order valence-corrected chi connectivity index (χ0v) is 19.0. The number of allylic oxidation sites excluding steroid dienone is 2. The first-order valence-electron chi connectivity index (χ1n) is 12.5. The largest absolute Gasteiger partial charge is 0.0880 e. The Bertz CT molecular complexity index is 544. The van der Waals surface area contributed by atoms with E-state index in [2.05, 4.69) is 46.8 Å². The van der Waals surface area contributed by atoms with Gasteiger partial charge in [-0.15, -0.1) is 0 Å². The molecule has 8 atom stereocenters. The quantitative estimate of drug-likeness (QED) is 0.427. The number of hydrogen-bond donors (Lipinski definition) is 0. The Hall–Kier alpha value is -0.260. The fourth-order valence-corrected chi connectivity index (χ4v) is 8.84. The maximum atomic E-state index is 2.73. The van der Waals surface area contributed by atoms with E-state index in [-0.39, 0.29) is 0 Å².